The van der Waals surface area contributed by atoms with Gasteiger partial charge in [-0.25, -0.2) is 0 Å². The average Bonchev–Trinajstić information content (AvgIpc) is 2.86. The number of benzene rings is 2. The molecular formula is C14H9NO3. The standard InChI is InChI=1S/C14H9NO3/c15-7-9-1-3-12(16)11(5-9)10-2-4-13-14(6-10)18-8-17-13/h1-6,16H,8H2. The Hall–Kier alpha value is -2.67. The Morgan fingerprint density at radius 3 is 2.72 bits per heavy atom. The summed E-state index contributed by atoms with van der Waals surface area (Å²) in [5.41, 5.74) is 1.89. The van der Waals surface area contributed by atoms with E-state index in [1.54, 1.807) is 24.3 Å². The zero-order valence-electron chi connectivity index (χ0n) is 9.38. The Morgan fingerprint density at radius 2 is 1.89 bits per heavy atom. The fraction of sp³-hybridized carbons (Fsp3) is 0.0714. The van der Waals surface area contributed by atoms with E-state index in [-0.39, 0.29) is 12.5 Å². The molecule has 2 aromatic carbocycles. The largest absolute Gasteiger partial charge is 0.507 e. The van der Waals surface area contributed by atoms with E-state index < -0.39 is 0 Å². The molecule has 18 heavy (non-hydrogen) atoms. The third-order valence-corrected chi connectivity index (χ3v) is 2.81. The summed E-state index contributed by atoms with van der Waals surface area (Å²) in [6, 6.07) is 12.2. The minimum Gasteiger partial charge on any atom is -0.507 e. The lowest BCUT2D eigenvalue weighted by atomic mass is 10.0. The van der Waals surface area contributed by atoms with E-state index in [2.05, 4.69) is 0 Å². The van der Waals surface area contributed by atoms with Crippen LogP contribution in [0.5, 0.6) is 17.2 Å². The van der Waals surface area contributed by atoms with Crippen molar-refractivity contribution in [1.82, 2.24) is 0 Å². The molecule has 0 saturated carbocycles. The van der Waals surface area contributed by atoms with Gasteiger partial charge in [0.1, 0.15) is 5.75 Å². The molecule has 2 aromatic rings. The highest BCUT2D eigenvalue weighted by Crippen LogP contribution is 2.38. The molecule has 1 aliphatic heterocycles. The van der Waals surface area contributed by atoms with Crippen LogP contribution in [0.3, 0.4) is 0 Å². The maximum atomic E-state index is 9.85. The van der Waals surface area contributed by atoms with E-state index in [9.17, 15) is 5.11 Å². The number of nitriles is 1. The molecule has 0 aliphatic carbocycles. The summed E-state index contributed by atoms with van der Waals surface area (Å²) in [4.78, 5) is 0. The zero-order valence-corrected chi connectivity index (χ0v) is 9.38. The molecule has 0 fully saturated rings. The van der Waals surface area contributed by atoms with E-state index >= 15 is 0 Å². The number of phenolic OH excluding ortho intramolecular Hbond substituents is 1. The zero-order chi connectivity index (χ0) is 12.5. The topological polar surface area (TPSA) is 62.5 Å². The van der Waals surface area contributed by atoms with Crippen molar-refractivity contribution >= 4 is 0 Å². The minimum atomic E-state index is 0.132. The molecule has 4 nitrogen and oxygen atoms in total. The van der Waals surface area contributed by atoms with Gasteiger partial charge in [-0.1, -0.05) is 6.07 Å². The van der Waals surface area contributed by atoms with Gasteiger partial charge in [-0.05, 0) is 35.9 Å². The quantitative estimate of drug-likeness (QED) is 0.831. The molecule has 1 N–H and O–H groups in total. The van der Waals surface area contributed by atoms with Crippen molar-refractivity contribution in [2.75, 3.05) is 6.79 Å². The van der Waals surface area contributed by atoms with E-state index in [4.69, 9.17) is 14.7 Å². The molecule has 0 radical (unpaired) electrons. The Labute approximate surface area is 104 Å². The van der Waals surface area contributed by atoms with Crippen LogP contribution in [0.25, 0.3) is 11.1 Å². The molecule has 1 heterocycles. The summed E-state index contributed by atoms with van der Waals surface area (Å²) in [5, 5.41) is 18.7. The normalized spacial score (nSPS) is 12.2. The van der Waals surface area contributed by atoms with Crippen LogP contribution in [0, 0.1) is 11.3 Å². The van der Waals surface area contributed by atoms with Crippen LogP contribution in [0.1, 0.15) is 5.56 Å². The van der Waals surface area contributed by atoms with Gasteiger partial charge in [-0.15, -0.1) is 0 Å². The Kier molecular flexibility index (Phi) is 2.31. The second-order valence-electron chi connectivity index (χ2n) is 3.91. The van der Waals surface area contributed by atoms with Crippen molar-refractivity contribution in [3.63, 3.8) is 0 Å². The van der Waals surface area contributed by atoms with Crippen LogP contribution >= 0.6 is 0 Å². The fourth-order valence-corrected chi connectivity index (χ4v) is 1.90. The molecule has 0 unspecified atom stereocenters. The SMILES string of the molecule is N#Cc1ccc(O)c(-c2ccc3c(c2)OCO3)c1. The third-order valence-electron chi connectivity index (χ3n) is 2.81. The molecule has 0 bridgehead atoms. The second kappa shape index (κ2) is 3.97. The van der Waals surface area contributed by atoms with Crippen LogP contribution < -0.4 is 9.47 Å². The van der Waals surface area contributed by atoms with Crippen molar-refractivity contribution < 1.29 is 14.6 Å². The summed E-state index contributed by atoms with van der Waals surface area (Å²) in [6.45, 7) is 0.211. The summed E-state index contributed by atoms with van der Waals surface area (Å²) >= 11 is 0. The number of hydrogen-bond donors (Lipinski definition) is 1. The molecule has 88 valence electrons. The first kappa shape index (κ1) is 10.5. The number of nitrogens with zero attached hydrogens (tertiary/aromatic N) is 1. The Morgan fingerprint density at radius 1 is 1.06 bits per heavy atom. The molecular weight excluding hydrogens is 230 g/mol. The highest BCUT2D eigenvalue weighted by Gasteiger charge is 2.15. The molecule has 4 heteroatoms. The smallest absolute Gasteiger partial charge is 0.231 e. The summed E-state index contributed by atoms with van der Waals surface area (Å²) < 4.78 is 10.5. The predicted molar refractivity (Wildman–Crippen MR) is 64.4 cm³/mol. The van der Waals surface area contributed by atoms with Crippen LogP contribution in [0.4, 0.5) is 0 Å². The van der Waals surface area contributed by atoms with Gasteiger partial charge in [0.2, 0.25) is 6.79 Å². The third kappa shape index (κ3) is 1.62. The summed E-state index contributed by atoms with van der Waals surface area (Å²) in [6.07, 6.45) is 0. The number of ether oxygens (including phenoxy) is 2. The van der Waals surface area contributed by atoms with Gasteiger partial charge >= 0.3 is 0 Å². The maximum absolute atomic E-state index is 9.85. The van der Waals surface area contributed by atoms with Crippen LogP contribution in [0.15, 0.2) is 36.4 Å². The highest BCUT2D eigenvalue weighted by molar-refractivity contribution is 5.74. The number of fused-ring (bicyclic) bond motifs is 1. The highest BCUT2D eigenvalue weighted by atomic mass is 16.7. The number of phenols is 1. The van der Waals surface area contributed by atoms with Crippen molar-refractivity contribution in [2.24, 2.45) is 0 Å². The van der Waals surface area contributed by atoms with E-state index in [0.29, 0.717) is 22.6 Å². The monoisotopic (exact) mass is 239 g/mol. The lowest BCUT2D eigenvalue weighted by molar-refractivity contribution is 0.174. The van der Waals surface area contributed by atoms with Gasteiger partial charge in [0.25, 0.3) is 0 Å². The Bertz CT molecular complexity index is 659. The molecule has 1 aliphatic rings. The molecule has 0 atom stereocenters. The lowest BCUT2D eigenvalue weighted by Gasteiger charge is -2.06. The lowest BCUT2D eigenvalue weighted by Crippen LogP contribution is -1.92. The van der Waals surface area contributed by atoms with Crippen molar-refractivity contribution in [1.29, 1.82) is 5.26 Å². The van der Waals surface area contributed by atoms with E-state index in [1.807, 2.05) is 12.1 Å². The predicted octanol–water partition coefficient (Wildman–Crippen LogP) is 2.66. The van der Waals surface area contributed by atoms with E-state index in [0.717, 1.165) is 5.56 Å². The molecule has 3 rings (SSSR count). The van der Waals surface area contributed by atoms with E-state index in [1.165, 1.54) is 6.07 Å². The second-order valence-corrected chi connectivity index (χ2v) is 3.91. The van der Waals surface area contributed by atoms with Crippen LogP contribution in [-0.4, -0.2) is 11.9 Å². The van der Waals surface area contributed by atoms with Gasteiger partial charge in [0.15, 0.2) is 11.5 Å². The summed E-state index contributed by atoms with van der Waals surface area (Å²) in [5.74, 6) is 1.47. The van der Waals surface area contributed by atoms with Gasteiger partial charge < -0.3 is 14.6 Å². The van der Waals surface area contributed by atoms with Crippen molar-refractivity contribution in [3.8, 4) is 34.4 Å². The molecule has 0 aromatic heterocycles. The van der Waals surface area contributed by atoms with Gasteiger partial charge in [-0.3, -0.25) is 0 Å². The summed E-state index contributed by atoms with van der Waals surface area (Å²) in [7, 11) is 0. The first-order chi connectivity index (χ1) is 8.78. The maximum Gasteiger partial charge on any atom is 0.231 e. The average molecular weight is 239 g/mol. The van der Waals surface area contributed by atoms with Gasteiger partial charge in [0, 0.05) is 5.56 Å². The number of hydrogen-bond acceptors (Lipinski definition) is 4. The van der Waals surface area contributed by atoms with Crippen LogP contribution in [-0.2, 0) is 0 Å². The number of aromatic hydroxyl groups is 1. The van der Waals surface area contributed by atoms with Gasteiger partial charge in [0.05, 0.1) is 11.6 Å². The molecule has 0 amide bonds. The van der Waals surface area contributed by atoms with Crippen LogP contribution in [0.2, 0.25) is 0 Å². The Balaban J connectivity index is 2.12. The van der Waals surface area contributed by atoms with Crippen molar-refractivity contribution in [3.05, 3.63) is 42.0 Å². The molecule has 0 spiro atoms. The molecule has 0 saturated heterocycles. The number of rotatable bonds is 1. The fourth-order valence-electron chi connectivity index (χ4n) is 1.90. The van der Waals surface area contributed by atoms with Gasteiger partial charge in [-0.2, -0.15) is 5.26 Å². The first-order valence-electron chi connectivity index (χ1n) is 5.41. The minimum absolute atomic E-state index is 0.132. The first-order valence-corrected chi connectivity index (χ1v) is 5.41. The van der Waals surface area contributed by atoms with Crippen molar-refractivity contribution in [2.45, 2.75) is 0 Å².